The van der Waals surface area contributed by atoms with Crippen LogP contribution in [0.1, 0.15) is 47.3 Å². The van der Waals surface area contributed by atoms with Crippen LogP contribution in [0.2, 0.25) is 0 Å². The van der Waals surface area contributed by atoms with E-state index < -0.39 is 29.4 Å². The highest BCUT2D eigenvalue weighted by atomic mass is 16.5. The van der Waals surface area contributed by atoms with Crippen molar-refractivity contribution in [3.63, 3.8) is 0 Å². The van der Waals surface area contributed by atoms with Crippen LogP contribution >= 0.6 is 0 Å². The van der Waals surface area contributed by atoms with Crippen LogP contribution in [0.15, 0.2) is 78.9 Å². The summed E-state index contributed by atoms with van der Waals surface area (Å²) in [6, 6.07) is 21.3. The fourth-order valence-electron chi connectivity index (χ4n) is 6.62. The number of esters is 1. The second-order valence-corrected chi connectivity index (χ2v) is 10.1. The Bertz CT molecular complexity index is 1460. The molecule has 192 valence electrons. The zero-order valence-electron chi connectivity index (χ0n) is 21.5. The summed E-state index contributed by atoms with van der Waals surface area (Å²) in [7, 11) is 0. The molecule has 6 rings (SSSR count). The van der Waals surface area contributed by atoms with E-state index in [0.717, 1.165) is 35.2 Å². The lowest BCUT2D eigenvalue weighted by Crippen LogP contribution is -2.51. The fraction of sp³-hybridized carbons (Fsp3) is 0.281. The number of nitrogens with zero attached hydrogens (tertiary/aromatic N) is 1. The Morgan fingerprint density at radius 2 is 1.71 bits per heavy atom. The van der Waals surface area contributed by atoms with Crippen LogP contribution in [-0.2, 0) is 26.2 Å². The average Bonchev–Trinajstić information content (AvgIpc) is 3.42. The fourth-order valence-corrected chi connectivity index (χ4v) is 6.62. The summed E-state index contributed by atoms with van der Waals surface area (Å²) < 4.78 is 5.59. The number of benzene rings is 3. The van der Waals surface area contributed by atoms with Crippen molar-refractivity contribution < 1.29 is 19.1 Å². The number of hydrogen-bond donors (Lipinski definition) is 1. The van der Waals surface area contributed by atoms with Crippen molar-refractivity contribution in [2.24, 2.45) is 5.92 Å². The van der Waals surface area contributed by atoms with E-state index in [-0.39, 0.29) is 18.3 Å². The molecule has 1 fully saturated rings. The van der Waals surface area contributed by atoms with E-state index in [2.05, 4.69) is 12.2 Å². The van der Waals surface area contributed by atoms with Crippen molar-refractivity contribution in [2.45, 2.75) is 44.2 Å². The highest BCUT2D eigenvalue weighted by Gasteiger charge is 2.70. The molecule has 3 aliphatic heterocycles. The molecule has 0 unspecified atom stereocenters. The molecule has 1 amide bonds. The molecular weight excluding hydrogens is 476 g/mol. The first-order valence-corrected chi connectivity index (χ1v) is 13.3. The van der Waals surface area contributed by atoms with Gasteiger partial charge in [-0.05, 0) is 42.2 Å². The standard InChI is InChI=1S/C32H30N2O4/c1-3-9-20-14-16-22(17-15-20)29(35)27-28(30(36)38-4-2)34-25-13-8-5-10-21(25)18-19-26(34)32(27)23-11-6-7-12-24(23)33-31(32)37/h5-8,10-19,26-28H,3-4,9H2,1-2H3,(H,33,37)/t26-,27-,28+,32+/m1/s1. The SMILES string of the molecule is CCCc1ccc(C(=O)[C@H]2[C@@H](C(=O)OCC)N3c4ccccc4C=C[C@@H]3[C@]23C(=O)Nc2ccccc23)cc1. The van der Waals surface area contributed by atoms with Gasteiger partial charge in [0, 0.05) is 16.9 Å². The van der Waals surface area contributed by atoms with Crippen molar-refractivity contribution in [1.82, 2.24) is 0 Å². The number of rotatable bonds is 6. The third-order valence-corrected chi connectivity index (χ3v) is 8.13. The second kappa shape index (κ2) is 9.28. The van der Waals surface area contributed by atoms with Gasteiger partial charge in [0.1, 0.15) is 11.5 Å². The summed E-state index contributed by atoms with van der Waals surface area (Å²) in [5, 5.41) is 3.04. The normalized spacial score (nSPS) is 24.5. The Kier molecular flexibility index (Phi) is 5.90. The van der Waals surface area contributed by atoms with Gasteiger partial charge in [0.05, 0.1) is 18.6 Å². The number of carbonyl (C=O) groups is 3. The van der Waals surface area contributed by atoms with Crippen molar-refractivity contribution in [3.8, 4) is 0 Å². The number of carbonyl (C=O) groups excluding carboxylic acids is 3. The zero-order valence-corrected chi connectivity index (χ0v) is 21.5. The topological polar surface area (TPSA) is 75.7 Å². The van der Waals surface area contributed by atoms with Crippen LogP contribution in [0.5, 0.6) is 0 Å². The van der Waals surface area contributed by atoms with Crippen molar-refractivity contribution in [2.75, 3.05) is 16.8 Å². The highest BCUT2D eigenvalue weighted by molar-refractivity contribution is 6.16. The van der Waals surface area contributed by atoms with E-state index in [1.54, 1.807) is 6.92 Å². The molecule has 6 nitrogen and oxygen atoms in total. The van der Waals surface area contributed by atoms with E-state index >= 15 is 0 Å². The summed E-state index contributed by atoms with van der Waals surface area (Å²) in [4.78, 5) is 44.5. The van der Waals surface area contributed by atoms with Gasteiger partial charge < -0.3 is 15.0 Å². The molecule has 3 heterocycles. The molecular formula is C32H30N2O4. The van der Waals surface area contributed by atoms with Crippen molar-refractivity contribution in [3.05, 3.63) is 101 Å². The maximum absolute atomic E-state index is 14.6. The van der Waals surface area contributed by atoms with Crippen LogP contribution in [0.4, 0.5) is 11.4 Å². The Hall–Kier alpha value is -4.19. The molecule has 1 saturated heterocycles. The quantitative estimate of drug-likeness (QED) is 0.369. The maximum Gasteiger partial charge on any atom is 0.329 e. The van der Waals surface area contributed by atoms with Gasteiger partial charge in [-0.25, -0.2) is 4.79 Å². The molecule has 0 bridgehead atoms. The summed E-state index contributed by atoms with van der Waals surface area (Å²) in [5.41, 5.74) is 3.46. The van der Waals surface area contributed by atoms with E-state index in [1.807, 2.05) is 89.8 Å². The average molecular weight is 507 g/mol. The molecule has 6 heteroatoms. The molecule has 1 N–H and O–H groups in total. The number of Topliss-reactive ketones (excluding diaryl/α,β-unsaturated/α-hetero) is 1. The molecule has 38 heavy (non-hydrogen) atoms. The van der Waals surface area contributed by atoms with Gasteiger partial charge in [0.15, 0.2) is 5.78 Å². The number of nitrogens with one attached hydrogen (secondary N) is 1. The summed E-state index contributed by atoms with van der Waals surface area (Å²) in [5.74, 6) is -2.01. The monoisotopic (exact) mass is 506 g/mol. The van der Waals surface area contributed by atoms with E-state index in [4.69, 9.17) is 4.74 Å². The lowest BCUT2D eigenvalue weighted by Gasteiger charge is -2.37. The zero-order chi connectivity index (χ0) is 26.4. The third-order valence-electron chi connectivity index (χ3n) is 8.13. The van der Waals surface area contributed by atoms with Crippen LogP contribution in [0, 0.1) is 5.92 Å². The number of hydrogen-bond acceptors (Lipinski definition) is 5. The molecule has 4 atom stereocenters. The first-order valence-electron chi connectivity index (χ1n) is 13.3. The molecule has 0 aromatic heterocycles. The second-order valence-electron chi connectivity index (χ2n) is 10.1. The lowest BCUT2D eigenvalue weighted by atomic mass is 9.64. The van der Waals surface area contributed by atoms with Gasteiger partial charge in [0.2, 0.25) is 5.91 Å². The van der Waals surface area contributed by atoms with Crippen LogP contribution < -0.4 is 10.2 Å². The minimum Gasteiger partial charge on any atom is -0.464 e. The van der Waals surface area contributed by atoms with Crippen LogP contribution in [-0.4, -0.2) is 36.4 Å². The number of amides is 1. The minimum absolute atomic E-state index is 0.174. The first kappa shape index (κ1) is 24.2. The van der Waals surface area contributed by atoms with Crippen molar-refractivity contribution in [1.29, 1.82) is 0 Å². The Labute approximate surface area is 222 Å². The van der Waals surface area contributed by atoms with Gasteiger partial charge in [-0.15, -0.1) is 0 Å². The van der Waals surface area contributed by atoms with Crippen molar-refractivity contribution >= 4 is 35.1 Å². The molecule has 3 aromatic rings. The molecule has 0 saturated carbocycles. The molecule has 1 spiro atoms. The predicted molar refractivity (Wildman–Crippen MR) is 147 cm³/mol. The number of fused-ring (bicyclic) bond motifs is 6. The Balaban J connectivity index is 1.60. The Morgan fingerprint density at radius 3 is 2.47 bits per heavy atom. The number of anilines is 2. The van der Waals surface area contributed by atoms with Gasteiger partial charge in [-0.3, -0.25) is 9.59 Å². The summed E-state index contributed by atoms with van der Waals surface area (Å²) in [6.45, 7) is 4.04. The number of para-hydroxylation sites is 2. The third kappa shape index (κ3) is 3.36. The summed E-state index contributed by atoms with van der Waals surface area (Å²) >= 11 is 0. The van der Waals surface area contributed by atoms with Gasteiger partial charge in [-0.2, -0.15) is 0 Å². The van der Waals surface area contributed by atoms with Gasteiger partial charge >= 0.3 is 5.97 Å². The van der Waals surface area contributed by atoms with Gasteiger partial charge in [-0.1, -0.05) is 86.2 Å². The highest BCUT2D eigenvalue weighted by Crippen LogP contribution is 2.57. The molecule has 3 aromatic carbocycles. The van der Waals surface area contributed by atoms with E-state index in [9.17, 15) is 14.4 Å². The Morgan fingerprint density at radius 1 is 0.974 bits per heavy atom. The molecule has 0 aliphatic carbocycles. The number of ether oxygens (including phenoxy) is 1. The predicted octanol–water partition coefficient (Wildman–Crippen LogP) is 5.18. The molecule has 3 aliphatic rings. The van der Waals surface area contributed by atoms with Crippen LogP contribution in [0.25, 0.3) is 6.08 Å². The number of aryl methyl sites for hydroxylation is 1. The molecule has 0 radical (unpaired) electrons. The number of ketones is 1. The minimum atomic E-state index is -1.31. The smallest absolute Gasteiger partial charge is 0.329 e. The van der Waals surface area contributed by atoms with Gasteiger partial charge in [0.25, 0.3) is 0 Å². The lowest BCUT2D eigenvalue weighted by molar-refractivity contribution is -0.145. The van der Waals surface area contributed by atoms with E-state index in [0.29, 0.717) is 11.3 Å². The summed E-state index contributed by atoms with van der Waals surface area (Å²) in [6.07, 6.45) is 5.87. The maximum atomic E-state index is 14.6. The largest absolute Gasteiger partial charge is 0.464 e. The first-order chi connectivity index (χ1) is 18.5. The van der Waals surface area contributed by atoms with Crippen LogP contribution in [0.3, 0.4) is 0 Å². The van der Waals surface area contributed by atoms with E-state index in [1.165, 1.54) is 0 Å².